The fourth-order valence-electron chi connectivity index (χ4n) is 1.45. The predicted molar refractivity (Wildman–Crippen MR) is 73.6 cm³/mol. The van der Waals surface area contributed by atoms with Gasteiger partial charge in [-0.1, -0.05) is 13.8 Å². The number of ether oxygens (including phenoxy) is 1. The molecule has 1 rings (SSSR count). The number of carbonyl (C=O) groups is 1. The van der Waals surface area contributed by atoms with E-state index in [9.17, 15) is 9.59 Å². The maximum Gasteiger partial charge on any atom is 0.326 e. The zero-order valence-corrected chi connectivity index (χ0v) is 12.5. The lowest BCUT2D eigenvalue weighted by atomic mass is 10.1. The van der Waals surface area contributed by atoms with E-state index in [-0.39, 0.29) is 18.1 Å². The Morgan fingerprint density at radius 3 is 2.78 bits per heavy atom. The Balaban J connectivity index is 2.62. The molecule has 0 aromatic carbocycles. The normalized spacial score (nSPS) is 10.7. The van der Waals surface area contributed by atoms with Crippen LogP contribution in [0.3, 0.4) is 0 Å². The molecule has 5 heteroatoms. The Morgan fingerprint density at radius 1 is 1.50 bits per heavy atom. The minimum absolute atomic E-state index is 0.0444. The average molecular weight is 316 g/mol. The molecule has 0 amide bonds. The summed E-state index contributed by atoms with van der Waals surface area (Å²) in [6.07, 6.45) is 2.48. The number of rotatable bonds is 5. The Hall–Kier alpha value is -1.10. The second-order valence-corrected chi connectivity index (χ2v) is 5.56. The van der Waals surface area contributed by atoms with Crippen LogP contribution in [0.5, 0.6) is 0 Å². The lowest BCUT2D eigenvalue weighted by Crippen LogP contribution is -2.26. The molecule has 0 unspecified atom stereocenters. The van der Waals surface area contributed by atoms with Gasteiger partial charge in [-0.05, 0) is 46.8 Å². The monoisotopic (exact) mass is 315 g/mol. The molecule has 0 aliphatic rings. The van der Waals surface area contributed by atoms with Crippen molar-refractivity contribution in [2.75, 3.05) is 6.61 Å². The van der Waals surface area contributed by atoms with E-state index in [1.165, 1.54) is 4.57 Å². The first-order valence-corrected chi connectivity index (χ1v) is 6.71. The molecule has 4 nitrogen and oxygen atoms in total. The van der Waals surface area contributed by atoms with Crippen molar-refractivity contribution >= 4 is 21.9 Å². The molecule has 0 N–H and O–H groups in total. The van der Waals surface area contributed by atoms with Gasteiger partial charge in [0.05, 0.1) is 11.1 Å². The van der Waals surface area contributed by atoms with Gasteiger partial charge >= 0.3 is 5.97 Å². The molecule has 0 radical (unpaired) electrons. The smallest absolute Gasteiger partial charge is 0.326 e. The van der Waals surface area contributed by atoms with E-state index in [2.05, 4.69) is 29.8 Å². The van der Waals surface area contributed by atoms with E-state index in [0.29, 0.717) is 17.0 Å². The standard InChI is InChI=1S/C13H18BrNO3/c1-9(2)4-5-18-12(16)8-15-7-10(3)6-11(14)13(15)17/h6-7,9H,4-5,8H2,1-3H3. The highest BCUT2D eigenvalue weighted by molar-refractivity contribution is 9.10. The third-order valence-corrected chi connectivity index (χ3v) is 3.00. The van der Waals surface area contributed by atoms with E-state index < -0.39 is 0 Å². The number of esters is 1. The zero-order valence-electron chi connectivity index (χ0n) is 10.9. The van der Waals surface area contributed by atoms with Crippen molar-refractivity contribution in [3.63, 3.8) is 0 Å². The summed E-state index contributed by atoms with van der Waals surface area (Å²) in [4.78, 5) is 23.3. The summed E-state index contributed by atoms with van der Waals surface area (Å²) < 4.78 is 6.89. The largest absolute Gasteiger partial charge is 0.464 e. The topological polar surface area (TPSA) is 48.3 Å². The van der Waals surface area contributed by atoms with Crippen LogP contribution in [0.1, 0.15) is 25.8 Å². The number of carbonyl (C=O) groups excluding carboxylic acids is 1. The van der Waals surface area contributed by atoms with Gasteiger partial charge in [-0.3, -0.25) is 9.59 Å². The van der Waals surface area contributed by atoms with Crippen molar-refractivity contribution in [2.24, 2.45) is 5.92 Å². The van der Waals surface area contributed by atoms with Crippen LogP contribution in [-0.2, 0) is 16.1 Å². The SMILES string of the molecule is Cc1cc(Br)c(=O)n(CC(=O)OCCC(C)C)c1. The summed E-state index contributed by atoms with van der Waals surface area (Å²) >= 11 is 3.17. The van der Waals surface area contributed by atoms with Crippen LogP contribution in [0.15, 0.2) is 21.5 Å². The Labute approximate surface area is 115 Å². The molecule has 100 valence electrons. The van der Waals surface area contributed by atoms with Gasteiger partial charge in [-0.15, -0.1) is 0 Å². The van der Waals surface area contributed by atoms with E-state index in [1.807, 2.05) is 6.92 Å². The van der Waals surface area contributed by atoms with Crippen molar-refractivity contribution in [1.82, 2.24) is 4.57 Å². The van der Waals surface area contributed by atoms with Gasteiger partial charge in [0.2, 0.25) is 0 Å². The summed E-state index contributed by atoms with van der Waals surface area (Å²) in [5.41, 5.74) is 0.692. The van der Waals surface area contributed by atoms with E-state index in [1.54, 1.807) is 12.3 Å². The van der Waals surface area contributed by atoms with Gasteiger partial charge in [0.15, 0.2) is 0 Å². The number of aryl methyl sites for hydroxylation is 1. The van der Waals surface area contributed by atoms with Crippen LogP contribution >= 0.6 is 15.9 Å². The Morgan fingerprint density at radius 2 is 2.17 bits per heavy atom. The molecule has 0 bridgehead atoms. The van der Waals surface area contributed by atoms with Gasteiger partial charge < -0.3 is 9.30 Å². The molecule has 1 aromatic rings. The maximum atomic E-state index is 11.7. The summed E-state index contributed by atoms with van der Waals surface area (Å²) in [5, 5.41) is 0. The van der Waals surface area contributed by atoms with Crippen LogP contribution in [0.2, 0.25) is 0 Å². The summed E-state index contributed by atoms with van der Waals surface area (Å²) in [6.45, 7) is 6.35. The lowest BCUT2D eigenvalue weighted by molar-refractivity contribution is -0.144. The van der Waals surface area contributed by atoms with Crippen molar-refractivity contribution in [3.8, 4) is 0 Å². The third kappa shape index (κ3) is 4.64. The molecule has 1 aromatic heterocycles. The number of hydrogen-bond acceptors (Lipinski definition) is 3. The summed E-state index contributed by atoms with van der Waals surface area (Å²) in [6, 6.07) is 1.73. The van der Waals surface area contributed by atoms with E-state index in [4.69, 9.17) is 4.74 Å². The predicted octanol–water partition coefficient (Wildman–Crippen LogP) is 2.51. The second kappa shape index (κ2) is 6.73. The van der Waals surface area contributed by atoms with Gasteiger partial charge in [0.25, 0.3) is 5.56 Å². The zero-order chi connectivity index (χ0) is 13.7. The first kappa shape index (κ1) is 15.0. The second-order valence-electron chi connectivity index (χ2n) is 4.70. The van der Waals surface area contributed by atoms with Gasteiger partial charge in [0, 0.05) is 6.20 Å². The van der Waals surface area contributed by atoms with Gasteiger partial charge in [0.1, 0.15) is 6.54 Å². The molecule has 0 fully saturated rings. The quantitative estimate of drug-likeness (QED) is 0.784. The van der Waals surface area contributed by atoms with E-state index in [0.717, 1.165) is 12.0 Å². The number of halogens is 1. The molecule has 1 heterocycles. The lowest BCUT2D eigenvalue weighted by Gasteiger charge is -2.09. The molecule has 0 aliphatic heterocycles. The van der Waals surface area contributed by atoms with Crippen LogP contribution in [0, 0.1) is 12.8 Å². The molecule has 0 saturated carbocycles. The molecule has 0 atom stereocenters. The number of pyridine rings is 1. The fourth-order valence-corrected chi connectivity index (χ4v) is 2.04. The van der Waals surface area contributed by atoms with Crippen LogP contribution in [-0.4, -0.2) is 17.1 Å². The molecule has 0 spiro atoms. The highest BCUT2D eigenvalue weighted by Crippen LogP contribution is 2.06. The van der Waals surface area contributed by atoms with E-state index >= 15 is 0 Å². The highest BCUT2D eigenvalue weighted by Gasteiger charge is 2.08. The number of nitrogens with zero attached hydrogens (tertiary/aromatic N) is 1. The minimum Gasteiger partial charge on any atom is -0.464 e. The molecular formula is C13H18BrNO3. The first-order valence-electron chi connectivity index (χ1n) is 5.92. The summed E-state index contributed by atoms with van der Waals surface area (Å²) in [7, 11) is 0. The Bertz CT molecular complexity index is 480. The Kier molecular flexibility index (Phi) is 5.59. The fraction of sp³-hybridized carbons (Fsp3) is 0.538. The van der Waals surface area contributed by atoms with Crippen LogP contribution in [0.25, 0.3) is 0 Å². The summed E-state index contributed by atoms with van der Waals surface area (Å²) in [5.74, 6) is 0.115. The maximum absolute atomic E-state index is 11.7. The molecular weight excluding hydrogens is 298 g/mol. The van der Waals surface area contributed by atoms with Crippen molar-refractivity contribution < 1.29 is 9.53 Å². The van der Waals surface area contributed by atoms with Crippen molar-refractivity contribution in [2.45, 2.75) is 33.7 Å². The van der Waals surface area contributed by atoms with Crippen molar-refractivity contribution in [1.29, 1.82) is 0 Å². The molecule has 18 heavy (non-hydrogen) atoms. The molecule has 0 aliphatic carbocycles. The first-order chi connectivity index (χ1) is 8.40. The molecule has 0 saturated heterocycles. The number of aromatic nitrogens is 1. The van der Waals surface area contributed by atoms with Crippen LogP contribution in [0.4, 0.5) is 0 Å². The highest BCUT2D eigenvalue weighted by atomic mass is 79.9. The van der Waals surface area contributed by atoms with Gasteiger partial charge in [-0.2, -0.15) is 0 Å². The average Bonchev–Trinajstić information content (AvgIpc) is 2.24. The minimum atomic E-state index is -0.379. The number of hydrogen-bond donors (Lipinski definition) is 0. The van der Waals surface area contributed by atoms with Gasteiger partial charge in [-0.25, -0.2) is 0 Å². The van der Waals surface area contributed by atoms with Crippen LogP contribution < -0.4 is 5.56 Å². The van der Waals surface area contributed by atoms with Crippen molar-refractivity contribution in [3.05, 3.63) is 32.7 Å². The third-order valence-electron chi connectivity index (χ3n) is 2.44.